The van der Waals surface area contributed by atoms with E-state index in [9.17, 15) is 9.18 Å². The Balaban J connectivity index is 1.61. The zero-order valence-electron chi connectivity index (χ0n) is 16.5. The summed E-state index contributed by atoms with van der Waals surface area (Å²) in [7, 11) is 0. The molecule has 0 saturated carbocycles. The van der Waals surface area contributed by atoms with E-state index >= 15 is 0 Å². The number of benzene rings is 1. The van der Waals surface area contributed by atoms with Crippen molar-refractivity contribution < 1.29 is 9.18 Å². The smallest absolute Gasteiger partial charge is 0.182 e. The van der Waals surface area contributed by atoms with Crippen molar-refractivity contribution in [1.29, 1.82) is 0 Å². The van der Waals surface area contributed by atoms with Gasteiger partial charge in [-0.2, -0.15) is 5.10 Å². The summed E-state index contributed by atoms with van der Waals surface area (Å²) >= 11 is 0. The summed E-state index contributed by atoms with van der Waals surface area (Å²) in [5, 5.41) is 8.61. The molecule has 4 heterocycles. The Morgan fingerprint density at radius 1 is 1.20 bits per heavy atom. The van der Waals surface area contributed by atoms with Gasteiger partial charge in [-0.25, -0.2) is 24.0 Å². The molecule has 1 N–H and O–H groups in total. The number of hydrogen-bond donors (Lipinski definition) is 1. The number of carbonyl (C=O) groups is 1. The standard InChI is InChI=1S/C22H19FN6O/c1-22(2)15-10-25-20(27-19(15)26-17(22)12-30)18-14-7-5-9-24-21(14)29(28-18)11-13-6-3-4-8-16(13)23/h3-10,12,17H,11H2,1-2H3,(H,25,26,27). The van der Waals surface area contributed by atoms with Crippen molar-refractivity contribution in [3.63, 3.8) is 0 Å². The minimum Gasteiger partial charge on any atom is -0.359 e. The molecule has 0 amide bonds. The second-order valence-corrected chi connectivity index (χ2v) is 7.91. The van der Waals surface area contributed by atoms with E-state index in [1.807, 2.05) is 26.0 Å². The predicted molar refractivity (Wildman–Crippen MR) is 111 cm³/mol. The molecule has 0 spiro atoms. The summed E-state index contributed by atoms with van der Waals surface area (Å²) < 4.78 is 15.8. The second kappa shape index (κ2) is 6.69. The van der Waals surface area contributed by atoms with Crippen LogP contribution in [0.3, 0.4) is 0 Å². The Hall–Kier alpha value is -3.68. The van der Waals surface area contributed by atoms with Crippen LogP contribution in [0.15, 0.2) is 48.8 Å². The molecular formula is C22H19FN6O. The quantitative estimate of drug-likeness (QED) is 0.527. The fourth-order valence-corrected chi connectivity index (χ4v) is 3.85. The molecule has 3 aromatic heterocycles. The van der Waals surface area contributed by atoms with Gasteiger partial charge < -0.3 is 10.1 Å². The van der Waals surface area contributed by atoms with Gasteiger partial charge in [0.25, 0.3) is 0 Å². The van der Waals surface area contributed by atoms with Crippen molar-refractivity contribution in [2.24, 2.45) is 0 Å². The van der Waals surface area contributed by atoms with Gasteiger partial charge in [0.15, 0.2) is 11.5 Å². The van der Waals surface area contributed by atoms with Gasteiger partial charge in [0, 0.05) is 28.9 Å². The molecule has 150 valence electrons. The predicted octanol–water partition coefficient (Wildman–Crippen LogP) is 3.35. The summed E-state index contributed by atoms with van der Waals surface area (Å²) in [6.07, 6.45) is 4.31. The number of aromatic nitrogens is 5. The Labute approximate surface area is 172 Å². The van der Waals surface area contributed by atoms with Crippen LogP contribution >= 0.6 is 0 Å². The third kappa shape index (κ3) is 2.75. The van der Waals surface area contributed by atoms with E-state index in [0.29, 0.717) is 28.5 Å². The molecule has 4 aromatic rings. The van der Waals surface area contributed by atoms with Crippen molar-refractivity contribution in [2.45, 2.75) is 31.8 Å². The van der Waals surface area contributed by atoms with Gasteiger partial charge in [0.2, 0.25) is 0 Å². The molecule has 0 bridgehead atoms. The lowest BCUT2D eigenvalue weighted by atomic mass is 9.82. The highest BCUT2D eigenvalue weighted by Crippen LogP contribution is 2.39. The molecule has 5 rings (SSSR count). The van der Waals surface area contributed by atoms with Crippen LogP contribution in [0.1, 0.15) is 25.0 Å². The zero-order valence-corrected chi connectivity index (χ0v) is 16.5. The van der Waals surface area contributed by atoms with Crippen LogP contribution in [0.25, 0.3) is 22.6 Å². The average Bonchev–Trinajstić information content (AvgIpc) is 3.24. The zero-order chi connectivity index (χ0) is 20.9. The minimum atomic E-state index is -0.399. The fourth-order valence-electron chi connectivity index (χ4n) is 3.85. The first kappa shape index (κ1) is 18.4. The average molecular weight is 402 g/mol. The number of aldehydes is 1. The van der Waals surface area contributed by atoms with Gasteiger partial charge in [-0.3, -0.25) is 0 Å². The van der Waals surface area contributed by atoms with Crippen molar-refractivity contribution in [3.8, 4) is 11.5 Å². The highest BCUT2D eigenvalue weighted by molar-refractivity contribution is 5.89. The van der Waals surface area contributed by atoms with Crippen LogP contribution in [-0.2, 0) is 16.8 Å². The van der Waals surface area contributed by atoms with E-state index in [-0.39, 0.29) is 18.4 Å². The number of hydrogen-bond acceptors (Lipinski definition) is 6. The van der Waals surface area contributed by atoms with Crippen LogP contribution in [0.2, 0.25) is 0 Å². The molecular weight excluding hydrogens is 383 g/mol. The Morgan fingerprint density at radius 2 is 2.03 bits per heavy atom. The first-order valence-electron chi connectivity index (χ1n) is 9.63. The van der Waals surface area contributed by atoms with Crippen molar-refractivity contribution >= 4 is 23.1 Å². The number of carbonyl (C=O) groups excluding carboxylic acids is 1. The number of nitrogens with zero attached hydrogens (tertiary/aromatic N) is 5. The molecule has 8 heteroatoms. The number of fused-ring (bicyclic) bond motifs is 2. The highest BCUT2D eigenvalue weighted by Gasteiger charge is 2.40. The number of nitrogens with one attached hydrogen (secondary N) is 1. The highest BCUT2D eigenvalue weighted by atomic mass is 19.1. The molecule has 1 aromatic carbocycles. The summed E-state index contributed by atoms with van der Waals surface area (Å²) in [6, 6.07) is 9.94. The van der Waals surface area contributed by atoms with Gasteiger partial charge >= 0.3 is 0 Å². The largest absolute Gasteiger partial charge is 0.359 e. The van der Waals surface area contributed by atoms with Gasteiger partial charge in [-0.15, -0.1) is 0 Å². The van der Waals surface area contributed by atoms with Gasteiger partial charge in [-0.05, 0) is 18.2 Å². The first-order chi connectivity index (χ1) is 14.5. The van der Waals surface area contributed by atoms with Crippen LogP contribution in [0.4, 0.5) is 10.2 Å². The van der Waals surface area contributed by atoms with Gasteiger partial charge in [-0.1, -0.05) is 32.0 Å². The Morgan fingerprint density at radius 3 is 2.83 bits per heavy atom. The molecule has 30 heavy (non-hydrogen) atoms. The molecule has 0 saturated heterocycles. The molecule has 0 fully saturated rings. The SMILES string of the molecule is CC1(C)c2cnc(-c3nn(Cc4ccccc4F)c4ncccc34)nc2NC1C=O. The van der Waals surface area contributed by atoms with E-state index in [4.69, 9.17) is 0 Å². The normalized spacial score (nSPS) is 17.0. The lowest BCUT2D eigenvalue weighted by Crippen LogP contribution is -2.34. The molecule has 1 atom stereocenters. The fraction of sp³-hybridized carbons (Fsp3) is 0.227. The topological polar surface area (TPSA) is 85.6 Å². The maximum absolute atomic E-state index is 14.2. The third-order valence-electron chi connectivity index (χ3n) is 5.69. The van der Waals surface area contributed by atoms with Crippen LogP contribution in [0.5, 0.6) is 0 Å². The lowest BCUT2D eigenvalue weighted by molar-refractivity contribution is -0.109. The molecule has 1 aliphatic rings. The third-order valence-corrected chi connectivity index (χ3v) is 5.69. The van der Waals surface area contributed by atoms with Crippen molar-refractivity contribution in [2.75, 3.05) is 5.32 Å². The Bertz CT molecular complexity index is 1280. The summed E-state index contributed by atoms with van der Waals surface area (Å²) in [5.74, 6) is 0.760. The molecule has 0 aliphatic carbocycles. The minimum absolute atomic E-state index is 0.240. The molecule has 1 aliphatic heterocycles. The summed E-state index contributed by atoms with van der Waals surface area (Å²) in [5.41, 5.74) is 2.19. The van der Waals surface area contributed by atoms with Gasteiger partial charge in [0.1, 0.15) is 23.6 Å². The monoisotopic (exact) mass is 402 g/mol. The maximum Gasteiger partial charge on any atom is 0.182 e. The molecule has 1 unspecified atom stereocenters. The van der Waals surface area contributed by atoms with Crippen LogP contribution < -0.4 is 5.32 Å². The number of halogens is 1. The van der Waals surface area contributed by atoms with Crippen LogP contribution in [0, 0.1) is 5.82 Å². The second-order valence-electron chi connectivity index (χ2n) is 7.91. The van der Waals surface area contributed by atoms with E-state index in [0.717, 1.165) is 17.2 Å². The van der Waals surface area contributed by atoms with Crippen molar-refractivity contribution in [1.82, 2.24) is 24.7 Å². The van der Waals surface area contributed by atoms with E-state index in [1.54, 1.807) is 35.3 Å². The van der Waals surface area contributed by atoms with Gasteiger partial charge in [0.05, 0.1) is 18.0 Å². The Kier molecular flexibility index (Phi) is 4.09. The summed E-state index contributed by atoms with van der Waals surface area (Å²) in [4.78, 5) is 25.1. The molecule has 0 radical (unpaired) electrons. The first-order valence-corrected chi connectivity index (χ1v) is 9.63. The number of rotatable bonds is 4. The van der Waals surface area contributed by atoms with Crippen molar-refractivity contribution in [3.05, 3.63) is 65.7 Å². The maximum atomic E-state index is 14.2. The number of anilines is 1. The summed E-state index contributed by atoms with van der Waals surface area (Å²) in [6.45, 7) is 4.20. The lowest BCUT2D eigenvalue weighted by Gasteiger charge is -2.21. The number of pyridine rings is 1. The van der Waals surface area contributed by atoms with E-state index < -0.39 is 5.41 Å². The van der Waals surface area contributed by atoms with Crippen LogP contribution in [-0.4, -0.2) is 37.1 Å². The van der Waals surface area contributed by atoms with E-state index in [2.05, 4.69) is 25.4 Å². The van der Waals surface area contributed by atoms with E-state index in [1.165, 1.54) is 6.07 Å². The molecule has 7 nitrogen and oxygen atoms in total.